The summed E-state index contributed by atoms with van der Waals surface area (Å²) in [6, 6.07) is 6.45. The minimum atomic E-state index is -2.82. The number of piperazine rings is 1. The van der Waals surface area contributed by atoms with Crippen molar-refractivity contribution in [1.82, 2.24) is 9.80 Å². The standard InChI is InChI=1S/C17H25N3O2S2/c1-13-3-4-15(11-14(13)2)18-17(23)20-8-6-19(7-9-20)16-5-10-24(21,22)12-16/h3-4,11,16H,5-10,12H2,1-2H3,(H,18,23)/t16-/m0/s1. The molecule has 0 radical (unpaired) electrons. The monoisotopic (exact) mass is 367 g/mol. The zero-order chi connectivity index (χ0) is 17.3. The van der Waals surface area contributed by atoms with Crippen LogP contribution in [0.4, 0.5) is 5.69 Å². The topological polar surface area (TPSA) is 52.6 Å². The maximum Gasteiger partial charge on any atom is 0.173 e. The van der Waals surface area contributed by atoms with Gasteiger partial charge in [0, 0.05) is 37.9 Å². The van der Waals surface area contributed by atoms with Crippen molar-refractivity contribution in [2.75, 3.05) is 43.0 Å². The third-order valence-corrected chi connectivity index (χ3v) is 7.20. The average Bonchev–Trinajstić information content (AvgIpc) is 2.91. The first-order valence-electron chi connectivity index (χ1n) is 8.42. The number of benzene rings is 1. The number of aryl methyl sites for hydroxylation is 2. The van der Waals surface area contributed by atoms with Gasteiger partial charge in [0.2, 0.25) is 0 Å². The van der Waals surface area contributed by atoms with Gasteiger partial charge >= 0.3 is 0 Å². The van der Waals surface area contributed by atoms with E-state index in [1.165, 1.54) is 11.1 Å². The highest BCUT2D eigenvalue weighted by Crippen LogP contribution is 2.20. The van der Waals surface area contributed by atoms with E-state index in [1.54, 1.807) is 0 Å². The molecule has 0 unspecified atom stereocenters. The van der Waals surface area contributed by atoms with Crippen LogP contribution in [-0.2, 0) is 9.84 Å². The molecule has 0 amide bonds. The number of anilines is 1. The van der Waals surface area contributed by atoms with Crippen LogP contribution in [0.15, 0.2) is 18.2 Å². The summed E-state index contributed by atoms with van der Waals surface area (Å²) < 4.78 is 23.3. The van der Waals surface area contributed by atoms with Gasteiger partial charge in [0.1, 0.15) is 0 Å². The zero-order valence-electron chi connectivity index (χ0n) is 14.3. The van der Waals surface area contributed by atoms with Gasteiger partial charge in [0.25, 0.3) is 0 Å². The fourth-order valence-corrected chi connectivity index (χ4v) is 5.44. The number of nitrogens with zero attached hydrogens (tertiary/aromatic N) is 2. The first kappa shape index (κ1) is 17.6. The predicted molar refractivity (Wildman–Crippen MR) is 102 cm³/mol. The fraction of sp³-hybridized carbons (Fsp3) is 0.588. The van der Waals surface area contributed by atoms with Crippen molar-refractivity contribution in [2.24, 2.45) is 0 Å². The number of sulfone groups is 1. The van der Waals surface area contributed by atoms with Crippen molar-refractivity contribution < 1.29 is 8.42 Å². The Hall–Kier alpha value is -1.18. The van der Waals surface area contributed by atoms with Gasteiger partial charge in [-0.25, -0.2) is 8.42 Å². The highest BCUT2D eigenvalue weighted by molar-refractivity contribution is 7.91. The second-order valence-corrected chi connectivity index (χ2v) is 9.42. The Bertz CT molecular complexity index is 725. The molecular formula is C17H25N3O2S2. The molecule has 2 aliphatic rings. The summed E-state index contributed by atoms with van der Waals surface area (Å²) in [5, 5.41) is 4.07. The van der Waals surface area contributed by atoms with E-state index in [0.717, 1.165) is 43.4 Å². The Kier molecular flexibility index (Phi) is 5.13. The average molecular weight is 368 g/mol. The summed E-state index contributed by atoms with van der Waals surface area (Å²) in [7, 11) is -2.82. The number of rotatable bonds is 2. The molecule has 2 heterocycles. The van der Waals surface area contributed by atoms with Crippen molar-refractivity contribution in [3.63, 3.8) is 0 Å². The molecule has 0 spiro atoms. The van der Waals surface area contributed by atoms with E-state index in [2.05, 4.69) is 41.1 Å². The minimum absolute atomic E-state index is 0.193. The molecule has 0 aliphatic carbocycles. The molecule has 2 aliphatic heterocycles. The molecule has 2 saturated heterocycles. The molecule has 2 fully saturated rings. The van der Waals surface area contributed by atoms with Crippen LogP contribution in [0.5, 0.6) is 0 Å². The molecule has 132 valence electrons. The number of thiocarbonyl (C=S) groups is 1. The zero-order valence-corrected chi connectivity index (χ0v) is 15.9. The summed E-state index contributed by atoms with van der Waals surface area (Å²) in [6.07, 6.45) is 0.772. The Morgan fingerprint density at radius 3 is 2.46 bits per heavy atom. The highest BCUT2D eigenvalue weighted by Gasteiger charge is 2.33. The second kappa shape index (κ2) is 6.98. The van der Waals surface area contributed by atoms with Crippen LogP contribution in [0.2, 0.25) is 0 Å². The van der Waals surface area contributed by atoms with Crippen LogP contribution in [0.25, 0.3) is 0 Å². The maximum atomic E-state index is 11.6. The molecule has 24 heavy (non-hydrogen) atoms. The minimum Gasteiger partial charge on any atom is -0.346 e. The van der Waals surface area contributed by atoms with Crippen molar-refractivity contribution in [3.05, 3.63) is 29.3 Å². The second-order valence-electron chi connectivity index (χ2n) is 6.81. The number of hydrogen-bond donors (Lipinski definition) is 1. The Morgan fingerprint density at radius 2 is 1.88 bits per heavy atom. The van der Waals surface area contributed by atoms with Crippen LogP contribution in [-0.4, -0.2) is 67.1 Å². The van der Waals surface area contributed by atoms with Crippen LogP contribution in [0, 0.1) is 13.8 Å². The first-order valence-corrected chi connectivity index (χ1v) is 10.6. The van der Waals surface area contributed by atoms with E-state index in [4.69, 9.17) is 12.2 Å². The van der Waals surface area contributed by atoms with E-state index in [1.807, 2.05) is 6.07 Å². The van der Waals surface area contributed by atoms with Crippen molar-refractivity contribution in [1.29, 1.82) is 0 Å². The summed E-state index contributed by atoms with van der Waals surface area (Å²) in [5.74, 6) is 0.656. The van der Waals surface area contributed by atoms with Crippen LogP contribution in [0.3, 0.4) is 0 Å². The van der Waals surface area contributed by atoms with Crippen molar-refractivity contribution in [2.45, 2.75) is 26.3 Å². The van der Waals surface area contributed by atoms with Gasteiger partial charge in [-0.1, -0.05) is 6.07 Å². The Labute approximate surface area is 149 Å². The van der Waals surface area contributed by atoms with E-state index in [9.17, 15) is 8.42 Å². The van der Waals surface area contributed by atoms with Gasteiger partial charge in [-0.2, -0.15) is 0 Å². The van der Waals surface area contributed by atoms with Crippen molar-refractivity contribution in [3.8, 4) is 0 Å². The molecule has 1 aromatic carbocycles. The van der Waals surface area contributed by atoms with Gasteiger partial charge in [-0.05, 0) is 55.7 Å². The first-order chi connectivity index (χ1) is 11.3. The molecule has 1 aromatic rings. The van der Waals surface area contributed by atoms with E-state index in [0.29, 0.717) is 11.5 Å². The normalized spacial score (nSPS) is 24.1. The highest BCUT2D eigenvalue weighted by atomic mass is 32.2. The van der Waals surface area contributed by atoms with Crippen LogP contribution < -0.4 is 5.32 Å². The van der Waals surface area contributed by atoms with Gasteiger partial charge in [0.05, 0.1) is 11.5 Å². The quantitative estimate of drug-likeness (QED) is 0.805. The molecule has 0 aromatic heterocycles. The lowest BCUT2D eigenvalue weighted by Gasteiger charge is -2.38. The largest absolute Gasteiger partial charge is 0.346 e. The molecule has 1 atom stereocenters. The molecule has 1 N–H and O–H groups in total. The summed E-state index contributed by atoms with van der Waals surface area (Å²) in [4.78, 5) is 4.48. The SMILES string of the molecule is Cc1ccc(NC(=S)N2CCN([C@H]3CCS(=O)(=O)C3)CC2)cc1C. The lowest BCUT2D eigenvalue weighted by atomic mass is 10.1. The molecule has 5 nitrogen and oxygen atoms in total. The van der Waals surface area contributed by atoms with Gasteiger partial charge in [0.15, 0.2) is 14.9 Å². The smallest absolute Gasteiger partial charge is 0.173 e. The predicted octanol–water partition coefficient (Wildman–Crippen LogP) is 1.80. The number of hydrogen-bond acceptors (Lipinski definition) is 4. The van der Waals surface area contributed by atoms with Gasteiger partial charge < -0.3 is 10.2 Å². The number of nitrogens with one attached hydrogen (secondary N) is 1. The third kappa shape index (κ3) is 4.07. The van der Waals surface area contributed by atoms with E-state index in [-0.39, 0.29) is 6.04 Å². The van der Waals surface area contributed by atoms with Gasteiger partial charge in [-0.3, -0.25) is 4.90 Å². The van der Waals surface area contributed by atoms with Gasteiger partial charge in [-0.15, -0.1) is 0 Å². The molecule has 7 heteroatoms. The third-order valence-electron chi connectivity index (χ3n) is 5.08. The summed E-state index contributed by atoms with van der Waals surface area (Å²) >= 11 is 5.54. The maximum absolute atomic E-state index is 11.6. The van der Waals surface area contributed by atoms with Crippen LogP contribution in [0.1, 0.15) is 17.5 Å². The Morgan fingerprint density at radius 1 is 1.17 bits per heavy atom. The van der Waals surface area contributed by atoms with Crippen LogP contribution >= 0.6 is 12.2 Å². The Balaban J connectivity index is 1.52. The van der Waals surface area contributed by atoms with E-state index < -0.39 is 9.84 Å². The molecular weight excluding hydrogens is 342 g/mol. The molecule has 0 saturated carbocycles. The molecule has 3 rings (SSSR count). The van der Waals surface area contributed by atoms with Crippen molar-refractivity contribution >= 4 is 32.9 Å². The molecule has 0 bridgehead atoms. The summed E-state index contributed by atoms with van der Waals surface area (Å²) in [6.45, 7) is 7.61. The fourth-order valence-electron chi connectivity index (χ4n) is 3.38. The lowest BCUT2D eigenvalue weighted by Crippen LogP contribution is -2.53. The van der Waals surface area contributed by atoms with E-state index >= 15 is 0 Å². The summed E-state index contributed by atoms with van der Waals surface area (Å²) in [5.41, 5.74) is 3.54. The lowest BCUT2D eigenvalue weighted by molar-refractivity contribution is 0.144.